The molecular formula is Al4Hf3. The third-order valence-corrected chi connectivity index (χ3v) is 0. The van der Waals surface area contributed by atoms with Crippen molar-refractivity contribution in [2.45, 2.75) is 0 Å². The van der Waals surface area contributed by atoms with Gasteiger partial charge in [0.05, 0.1) is 0 Å². The van der Waals surface area contributed by atoms with Crippen molar-refractivity contribution in [2.24, 2.45) is 0 Å². The van der Waals surface area contributed by atoms with Crippen LogP contribution >= 0.6 is 0 Å². The SMILES string of the molecule is [Al-3].[Al-3].[Al-3].[Al-3].[Hf+4].[Hf+4].[Hf+4]. The van der Waals surface area contributed by atoms with Crippen LogP contribution in [0.4, 0.5) is 0 Å². The van der Waals surface area contributed by atoms with E-state index in [0.717, 1.165) is 0 Å². The Morgan fingerprint density at radius 1 is 0.286 bits per heavy atom. The first-order chi connectivity index (χ1) is 0. The molecule has 24 valence electrons. The summed E-state index contributed by atoms with van der Waals surface area (Å²) in [7, 11) is 0. The summed E-state index contributed by atoms with van der Waals surface area (Å²) in [6.45, 7) is 0. The fourth-order valence-electron chi connectivity index (χ4n) is 0. The molecule has 0 aromatic carbocycles. The first-order valence-corrected chi connectivity index (χ1v) is 0. The molecule has 0 N–H and O–H groups in total. The zero-order valence-electron chi connectivity index (χ0n) is 3.81. The van der Waals surface area contributed by atoms with Crippen LogP contribution in [0.3, 0.4) is 0 Å². The molecule has 0 atom stereocenters. The van der Waals surface area contributed by atoms with Gasteiger partial charge in [0.15, 0.2) is 0 Å². The minimum Gasteiger partial charge on any atom is -3.00 e. The van der Waals surface area contributed by atoms with Gasteiger partial charge in [-0.3, -0.25) is 0 Å². The van der Waals surface area contributed by atoms with Gasteiger partial charge in [0.1, 0.15) is 0 Å². The van der Waals surface area contributed by atoms with E-state index >= 15 is 0 Å². The van der Waals surface area contributed by atoms with Crippen LogP contribution < -0.4 is 0 Å². The molecule has 0 aliphatic carbocycles. The quantitative estimate of drug-likeness (QED) is 0.282. The Bertz CT molecular complexity index is 6.90. The minimum atomic E-state index is 0. The van der Waals surface area contributed by atoms with E-state index in [0.29, 0.717) is 0 Å². The Kier molecular flexibility index (Phi) is 390. The molecule has 7 heteroatoms. The first-order valence-electron chi connectivity index (χ1n) is 0. The monoisotopic (exact) mass is 648 g/mol. The molecule has 0 fully saturated rings. The van der Waals surface area contributed by atoms with Gasteiger partial charge in [-0.2, -0.15) is 0 Å². The molecular weight excluding hydrogens is 643 g/mol. The Labute approximate surface area is 144 Å². The van der Waals surface area contributed by atoms with Crippen molar-refractivity contribution in [1.29, 1.82) is 0 Å². The van der Waals surface area contributed by atoms with Gasteiger partial charge in [0.25, 0.3) is 0 Å². The van der Waals surface area contributed by atoms with Crippen LogP contribution in [0.15, 0.2) is 0 Å². The molecule has 0 amide bonds. The van der Waals surface area contributed by atoms with Crippen molar-refractivity contribution in [3.63, 3.8) is 0 Å². The minimum absolute atomic E-state index is 0. The number of rotatable bonds is 0. The maximum absolute atomic E-state index is 0. The van der Waals surface area contributed by atoms with Crippen LogP contribution in [0.25, 0.3) is 0 Å². The van der Waals surface area contributed by atoms with Crippen LogP contribution in [0.2, 0.25) is 0 Å². The third-order valence-electron chi connectivity index (χ3n) is 0. The summed E-state index contributed by atoms with van der Waals surface area (Å²) in [6, 6.07) is 0. The smallest absolute Gasteiger partial charge is 3.00 e. The van der Waals surface area contributed by atoms with E-state index in [4.69, 9.17) is 0 Å². The average molecular weight is 643 g/mol. The van der Waals surface area contributed by atoms with Gasteiger partial charge < -0.3 is 69.4 Å². The van der Waals surface area contributed by atoms with E-state index in [1.54, 1.807) is 0 Å². The van der Waals surface area contributed by atoms with Crippen molar-refractivity contribution in [3.05, 3.63) is 0 Å². The number of hydrogen-bond acceptors (Lipinski definition) is 0. The van der Waals surface area contributed by atoms with E-state index in [1.807, 2.05) is 0 Å². The van der Waals surface area contributed by atoms with Crippen molar-refractivity contribution in [1.82, 2.24) is 0 Å². The predicted octanol–water partition coefficient (Wildman–Crippen LogP) is -1.53. The second kappa shape index (κ2) is 45.3. The molecule has 8 radical (unpaired) electrons. The Hall–Kier alpha value is 4.74. The van der Waals surface area contributed by atoms with Crippen LogP contribution in [0.5, 0.6) is 0 Å². The van der Waals surface area contributed by atoms with Gasteiger partial charge in [-0.05, 0) is 0 Å². The maximum Gasteiger partial charge on any atom is 4.00 e. The van der Waals surface area contributed by atoms with Gasteiger partial charge >= 0.3 is 77.5 Å². The molecule has 0 aliphatic rings. The molecule has 0 nitrogen and oxygen atoms in total. The second-order valence-corrected chi connectivity index (χ2v) is 0. The zero-order valence-corrected chi connectivity index (χ0v) is 19.2. The predicted molar refractivity (Wildman–Crippen MR) is 23.0 cm³/mol. The van der Waals surface area contributed by atoms with Crippen LogP contribution in [-0.4, -0.2) is 69.4 Å². The fourth-order valence-corrected chi connectivity index (χ4v) is 0. The second-order valence-electron chi connectivity index (χ2n) is 0. The van der Waals surface area contributed by atoms with Crippen LogP contribution in [0.1, 0.15) is 0 Å². The first kappa shape index (κ1) is 60.3. The van der Waals surface area contributed by atoms with Crippen LogP contribution in [-0.2, 0) is 77.5 Å². The molecule has 0 rings (SSSR count). The molecule has 0 aliphatic heterocycles. The fraction of sp³-hybridized carbons (Fsp3) is 0. The molecule has 0 saturated carbocycles. The maximum atomic E-state index is 0. The summed E-state index contributed by atoms with van der Waals surface area (Å²) in [6.07, 6.45) is 0. The van der Waals surface area contributed by atoms with E-state index in [9.17, 15) is 0 Å². The summed E-state index contributed by atoms with van der Waals surface area (Å²) in [5.41, 5.74) is 0. The summed E-state index contributed by atoms with van der Waals surface area (Å²) in [5, 5.41) is 0. The standard InChI is InChI=1S/4Al.3Hf/q4*-3;3*+4. The summed E-state index contributed by atoms with van der Waals surface area (Å²) >= 11 is 0. The van der Waals surface area contributed by atoms with Crippen molar-refractivity contribution in [3.8, 4) is 0 Å². The number of hydrogen-bond donors (Lipinski definition) is 0. The molecule has 0 aromatic heterocycles. The normalized spacial score (nSPS) is 0. The summed E-state index contributed by atoms with van der Waals surface area (Å²) < 4.78 is 0. The van der Waals surface area contributed by atoms with Gasteiger partial charge in [-0.15, -0.1) is 0 Å². The molecule has 0 spiro atoms. The van der Waals surface area contributed by atoms with E-state index in [-0.39, 0.29) is 147 Å². The Morgan fingerprint density at radius 2 is 0.286 bits per heavy atom. The zero-order chi connectivity index (χ0) is 0. The van der Waals surface area contributed by atoms with Gasteiger partial charge in [0, 0.05) is 0 Å². The summed E-state index contributed by atoms with van der Waals surface area (Å²) in [5.74, 6) is 0. The molecule has 0 unspecified atom stereocenters. The van der Waals surface area contributed by atoms with E-state index in [2.05, 4.69) is 0 Å². The topological polar surface area (TPSA) is 0 Å². The molecule has 0 heterocycles. The largest absolute Gasteiger partial charge is 4.00 e. The van der Waals surface area contributed by atoms with Gasteiger partial charge in [-0.25, -0.2) is 0 Å². The Balaban J connectivity index is 0. The Morgan fingerprint density at radius 3 is 0.286 bits per heavy atom. The van der Waals surface area contributed by atoms with E-state index in [1.165, 1.54) is 0 Å². The molecule has 0 saturated heterocycles. The summed E-state index contributed by atoms with van der Waals surface area (Å²) in [4.78, 5) is 0. The molecule has 7 heavy (non-hydrogen) atoms. The van der Waals surface area contributed by atoms with Gasteiger partial charge in [0.2, 0.25) is 0 Å². The van der Waals surface area contributed by atoms with Gasteiger partial charge in [-0.1, -0.05) is 0 Å². The molecule has 0 bridgehead atoms. The van der Waals surface area contributed by atoms with Crippen molar-refractivity contribution < 1.29 is 77.5 Å². The van der Waals surface area contributed by atoms with Crippen molar-refractivity contribution >= 4 is 69.4 Å². The van der Waals surface area contributed by atoms with Crippen LogP contribution in [0, 0.1) is 0 Å². The third kappa shape index (κ3) is 36.5. The molecule has 0 aromatic rings. The van der Waals surface area contributed by atoms with E-state index < -0.39 is 0 Å². The van der Waals surface area contributed by atoms with Crippen molar-refractivity contribution in [2.75, 3.05) is 0 Å². The average Bonchev–Trinajstić information content (AvgIpc) is 0.